The van der Waals surface area contributed by atoms with Crippen molar-refractivity contribution in [3.05, 3.63) is 68.7 Å². The summed E-state index contributed by atoms with van der Waals surface area (Å²) in [6.45, 7) is 6.50. The summed E-state index contributed by atoms with van der Waals surface area (Å²) in [5.41, 5.74) is 1.83. The molecule has 3 nitrogen and oxygen atoms in total. The van der Waals surface area contributed by atoms with Crippen molar-refractivity contribution in [2.45, 2.75) is 50.6 Å². The molecule has 2 aromatic rings. The van der Waals surface area contributed by atoms with Crippen LogP contribution in [0.4, 0.5) is 0 Å². The third-order valence-corrected chi connectivity index (χ3v) is 7.10. The van der Waals surface area contributed by atoms with Crippen molar-refractivity contribution in [3.63, 3.8) is 0 Å². The molecule has 30 heavy (non-hydrogen) atoms. The van der Waals surface area contributed by atoms with Crippen molar-refractivity contribution in [2.75, 3.05) is 12.4 Å². The summed E-state index contributed by atoms with van der Waals surface area (Å²) in [5.74, 6) is 0.864. The summed E-state index contributed by atoms with van der Waals surface area (Å²) < 4.78 is 6.09. The number of amides is 1. The lowest BCUT2D eigenvalue weighted by atomic mass is 9.91. The average molecular weight is 487 g/mol. The first-order chi connectivity index (χ1) is 14.3. The minimum Gasteiger partial charge on any atom is -0.361 e. The fraction of sp³-hybridized carbons (Fsp3) is 0.435. The molecule has 0 N–H and O–H groups in total. The van der Waals surface area contributed by atoms with Gasteiger partial charge in [0.2, 0.25) is 5.91 Å². The summed E-state index contributed by atoms with van der Waals surface area (Å²) >= 11 is 20.6. The van der Waals surface area contributed by atoms with Crippen molar-refractivity contribution >= 4 is 52.5 Å². The molecule has 2 aromatic carbocycles. The third-order valence-electron chi connectivity index (χ3n) is 5.17. The van der Waals surface area contributed by atoms with Gasteiger partial charge < -0.3 is 9.64 Å². The van der Waals surface area contributed by atoms with E-state index in [1.54, 1.807) is 6.07 Å². The number of thioether (sulfide) groups is 1. The number of nitrogens with zero attached hydrogens (tertiary/aromatic N) is 1. The maximum Gasteiger partial charge on any atom is 0.249 e. The summed E-state index contributed by atoms with van der Waals surface area (Å²) in [6, 6.07) is 12.8. The van der Waals surface area contributed by atoms with E-state index < -0.39 is 0 Å². The van der Waals surface area contributed by atoms with Gasteiger partial charge in [0.25, 0.3) is 0 Å². The molecule has 162 valence electrons. The fourth-order valence-electron chi connectivity index (χ4n) is 3.77. The Morgan fingerprint density at radius 2 is 1.67 bits per heavy atom. The number of morpholine rings is 1. The maximum absolute atomic E-state index is 13.1. The lowest BCUT2D eigenvalue weighted by molar-refractivity contribution is -0.162. The standard InChI is InChI=1S/C23H26Cl3NO2S/c1-4-20(13-30-14(2)3)27-21(28)12-29-23(16-9-18(25)11-19(26)10-16)22(27)15-5-7-17(24)8-6-15/h5-11,14,20,22-23H,4,12-13H2,1-3H3. The second kappa shape index (κ2) is 10.6. The molecule has 3 unspecified atom stereocenters. The van der Waals surface area contributed by atoms with Gasteiger partial charge in [0.05, 0.1) is 6.04 Å². The molecule has 1 fully saturated rings. The first-order valence-corrected chi connectivity index (χ1v) is 12.2. The van der Waals surface area contributed by atoms with E-state index in [1.165, 1.54) is 0 Å². The lowest BCUT2D eigenvalue weighted by Gasteiger charge is -2.45. The van der Waals surface area contributed by atoms with Crippen molar-refractivity contribution in [2.24, 2.45) is 0 Å². The zero-order valence-electron chi connectivity index (χ0n) is 17.3. The van der Waals surface area contributed by atoms with Crippen LogP contribution >= 0.6 is 46.6 Å². The van der Waals surface area contributed by atoms with E-state index in [9.17, 15) is 4.79 Å². The first-order valence-electron chi connectivity index (χ1n) is 10.1. The van der Waals surface area contributed by atoms with Crippen molar-refractivity contribution < 1.29 is 9.53 Å². The average Bonchev–Trinajstić information content (AvgIpc) is 2.69. The van der Waals surface area contributed by atoms with Gasteiger partial charge in [-0.15, -0.1) is 0 Å². The van der Waals surface area contributed by atoms with Crippen LogP contribution in [0.5, 0.6) is 0 Å². The van der Waals surface area contributed by atoms with Gasteiger partial charge >= 0.3 is 0 Å². The predicted molar refractivity (Wildman–Crippen MR) is 128 cm³/mol. The van der Waals surface area contributed by atoms with Gasteiger partial charge in [-0.3, -0.25) is 4.79 Å². The highest BCUT2D eigenvalue weighted by Crippen LogP contribution is 2.43. The van der Waals surface area contributed by atoms with Crippen LogP contribution in [0.3, 0.4) is 0 Å². The highest BCUT2D eigenvalue weighted by Gasteiger charge is 2.41. The van der Waals surface area contributed by atoms with E-state index in [4.69, 9.17) is 39.5 Å². The van der Waals surface area contributed by atoms with E-state index >= 15 is 0 Å². The lowest BCUT2D eigenvalue weighted by Crippen LogP contribution is -2.51. The summed E-state index contributed by atoms with van der Waals surface area (Å²) in [4.78, 5) is 15.1. The Morgan fingerprint density at radius 1 is 1.03 bits per heavy atom. The van der Waals surface area contributed by atoms with E-state index in [0.29, 0.717) is 20.3 Å². The molecule has 1 heterocycles. The van der Waals surface area contributed by atoms with Crippen molar-refractivity contribution in [1.29, 1.82) is 0 Å². The quantitative estimate of drug-likeness (QED) is 0.414. The fourth-order valence-corrected chi connectivity index (χ4v) is 5.44. The number of hydrogen-bond donors (Lipinski definition) is 0. The van der Waals surface area contributed by atoms with Crippen LogP contribution < -0.4 is 0 Å². The Hall–Kier alpha value is -0.910. The first kappa shape index (κ1) is 23.7. The predicted octanol–water partition coefficient (Wildman–Crippen LogP) is 7.21. The Kier molecular flexibility index (Phi) is 8.39. The van der Waals surface area contributed by atoms with Crippen LogP contribution in [-0.4, -0.2) is 34.5 Å². The largest absolute Gasteiger partial charge is 0.361 e. The second-order valence-corrected chi connectivity index (χ2v) is 10.6. The van der Waals surface area contributed by atoms with Crippen molar-refractivity contribution in [1.82, 2.24) is 4.90 Å². The minimum absolute atomic E-state index is 0.00414. The minimum atomic E-state index is -0.377. The monoisotopic (exact) mass is 485 g/mol. The smallest absolute Gasteiger partial charge is 0.249 e. The van der Waals surface area contributed by atoms with E-state index in [1.807, 2.05) is 53.1 Å². The van der Waals surface area contributed by atoms with Crippen molar-refractivity contribution in [3.8, 4) is 0 Å². The van der Waals surface area contributed by atoms with Gasteiger partial charge in [-0.1, -0.05) is 67.7 Å². The van der Waals surface area contributed by atoms with Gasteiger partial charge in [-0.05, 0) is 53.1 Å². The molecular weight excluding hydrogens is 461 g/mol. The molecule has 0 radical (unpaired) electrons. The van der Waals surface area contributed by atoms with Crippen LogP contribution in [0, 0.1) is 0 Å². The Bertz CT molecular complexity index is 855. The Balaban J connectivity index is 2.07. The second-order valence-electron chi connectivity index (χ2n) is 7.68. The van der Waals surface area contributed by atoms with Crippen LogP contribution in [-0.2, 0) is 9.53 Å². The molecule has 1 amide bonds. The normalized spacial score (nSPS) is 20.6. The zero-order chi connectivity index (χ0) is 21.8. The molecule has 1 aliphatic heterocycles. The highest BCUT2D eigenvalue weighted by atomic mass is 35.5. The Labute approximate surface area is 198 Å². The van der Waals surface area contributed by atoms with E-state index in [-0.39, 0.29) is 30.7 Å². The summed E-state index contributed by atoms with van der Waals surface area (Å²) in [7, 11) is 0. The molecule has 0 bridgehead atoms. The van der Waals surface area contributed by atoms with Gasteiger partial charge in [0, 0.05) is 26.9 Å². The summed E-state index contributed by atoms with van der Waals surface area (Å²) in [5, 5.41) is 2.23. The van der Waals surface area contributed by atoms with Gasteiger partial charge in [0.15, 0.2) is 0 Å². The number of halogens is 3. The number of ether oxygens (including phenoxy) is 1. The van der Waals surface area contributed by atoms with Gasteiger partial charge in [-0.25, -0.2) is 0 Å². The molecule has 1 saturated heterocycles. The van der Waals surface area contributed by atoms with Crippen LogP contribution in [0.1, 0.15) is 50.5 Å². The molecule has 0 spiro atoms. The molecule has 7 heteroatoms. The molecule has 3 rings (SSSR count). The molecular formula is C23H26Cl3NO2S. The zero-order valence-corrected chi connectivity index (χ0v) is 20.4. The summed E-state index contributed by atoms with van der Waals surface area (Å²) in [6.07, 6.45) is 0.483. The molecule has 3 atom stereocenters. The van der Waals surface area contributed by atoms with E-state index in [2.05, 4.69) is 20.8 Å². The Morgan fingerprint density at radius 3 is 2.23 bits per heavy atom. The molecule has 1 aliphatic rings. The number of rotatable bonds is 7. The highest BCUT2D eigenvalue weighted by molar-refractivity contribution is 7.99. The number of carbonyl (C=O) groups is 1. The molecule has 0 aliphatic carbocycles. The van der Waals surface area contributed by atoms with Crippen LogP contribution in [0.25, 0.3) is 0 Å². The van der Waals surface area contributed by atoms with E-state index in [0.717, 1.165) is 23.3 Å². The SMILES string of the molecule is CCC(CSC(C)C)N1C(=O)COC(c2cc(Cl)cc(Cl)c2)C1c1ccc(Cl)cc1. The van der Waals surface area contributed by atoms with Gasteiger partial charge in [0.1, 0.15) is 12.7 Å². The number of hydrogen-bond acceptors (Lipinski definition) is 3. The molecule has 0 saturated carbocycles. The number of carbonyl (C=O) groups excluding carboxylic acids is 1. The topological polar surface area (TPSA) is 29.5 Å². The maximum atomic E-state index is 13.1. The molecule has 0 aromatic heterocycles. The third kappa shape index (κ3) is 5.66. The van der Waals surface area contributed by atoms with Gasteiger partial charge in [-0.2, -0.15) is 11.8 Å². The van der Waals surface area contributed by atoms with Crippen LogP contribution in [0.15, 0.2) is 42.5 Å². The van der Waals surface area contributed by atoms with Crippen LogP contribution in [0.2, 0.25) is 15.1 Å². The number of benzene rings is 2.